The number of thiocarbonyl (C=S) groups is 1. The first kappa shape index (κ1) is 17.0. The van der Waals surface area contributed by atoms with E-state index in [0.717, 1.165) is 18.5 Å². The van der Waals surface area contributed by atoms with Crippen LogP contribution in [0.15, 0.2) is 35.9 Å². The van der Waals surface area contributed by atoms with E-state index < -0.39 is 0 Å². The maximum Gasteiger partial charge on any atom is 0.230 e. The van der Waals surface area contributed by atoms with Gasteiger partial charge in [-0.3, -0.25) is 4.79 Å². The number of amides is 1. The molecule has 118 valence electrons. The Labute approximate surface area is 142 Å². The summed E-state index contributed by atoms with van der Waals surface area (Å²) < 4.78 is 0. The maximum absolute atomic E-state index is 11.9. The third-order valence-electron chi connectivity index (χ3n) is 3.65. The first-order valence-electron chi connectivity index (χ1n) is 7.63. The molecule has 0 bridgehead atoms. The largest absolute Gasteiger partial charge is 0.362 e. The van der Waals surface area contributed by atoms with Gasteiger partial charge in [-0.15, -0.1) is 0 Å². The zero-order chi connectivity index (χ0) is 15.8. The van der Waals surface area contributed by atoms with E-state index in [1.165, 1.54) is 31.3 Å². The predicted octanol–water partition coefficient (Wildman–Crippen LogP) is 3.76. The van der Waals surface area contributed by atoms with Gasteiger partial charge in [0, 0.05) is 11.6 Å². The van der Waals surface area contributed by atoms with Gasteiger partial charge in [0.2, 0.25) is 5.91 Å². The van der Waals surface area contributed by atoms with Gasteiger partial charge in [0.25, 0.3) is 0 Å². The lowest BCUT2D eigenvalue weighted by molar-refractivity contribution is -0.119. The zero-order valence-electron chi connectivity index (χ0n) is 12.5. The van der Waals surface area contributed by atoms with Crippen LogP contribution in [0.2, 0.25) is 5.02 Å². The molecule has 0 aliphatic heterocycles. The quantitative estimate of drug-likeness (QED) is 0.635. The zero-order valence-corrected chi connectivity index (χ0v) is 14.1. The SMILES string of the molecule is O=C(Cc1ccc(Cl)cc1)NC(=S)NCCC1=CCCCC1. The van der Waals surface area contributed by atoms with Gasteiger partial charge in [-0.05, 0) is 62.0 Å². The van der Waals surface area contributed by atoms with Crippen LogP contribution < -0.4 is 10.6 Å². The second-order valence-electron chi connectivity index (χ2n) is 5.47. The Morgan fingerprint density at radius 2 is 2.00 bits per heavy atom. The maximum atomic E-state index is 11.9. The van der Waals surface area contributed by atoms with Gasteiger partial charge in [0.05, 0.1) is 6.42 Å². The highest BCUT2D eigenvalue weighted by Gasteiger charge is 2.07. The second kappa shape index (κ2) is 8.91. The van der Waals surface area contributed by atoms with Crippen LogP contribution >= 0.6 is 23.8 Å². The first-order valence-corrected chi connectivity index (χ1v) is 8.42. The summed E-state index contributed by atoms with van der Waals surface area (Å²) in [7, 11) is 0. The summed E-state index contributed by atoms with van der Waals surface area (Å²) >= 11 is 11.0. The van der Waals surface area contributed by atoms with Crippen LogP contribution in [0.4, 0.5) is 0 Å². The van der Waals surface area contributed by atoms with Crippen LogP contribution in [0, 0.1) is 0 Å². The van der Waals surface area contributed by atoms with E-state index in [1.807, 2.05) is 12.1 Å². The third kappa shape index (κ3) is 6.16. The molecule has 2 rings (SSSR count). The Bertz CT molecular complexity index is 554. The molecule has 3 nitrogen and oxygen atoms in total. The predicted molar refractivity (Wildman–Crippen MR) is 95.1 cm³/mol. The van der Waals surface area contributed by atoms with Gasteiger partial charge in [-0.2, -0.15) is 0 Å². The van der Waals surface area contributed by atoms with Crippen LogP contribution in [0.1, 0.15) is 37.7 Å². The Balaban J connectivity index is 1.66. The number of hydrogen-bond donors (Lipinski definition) is 2. The normalized spacial score (nSPS) is 14.1. The second-order valence-corrected chi connectivity index (χ2v) is 6.31. The molecule has 1 aliphatic rings. The number of carbonyl (C=O) groups excluding carboxylic acids is 1. The van der Waals surface area contributed by atoms with E-state index in [4.69, 9.17) is 23.8 Å². The van der Waals surface area contributed by atoms with E-state index in [2.05, 4.69) is 16.7 Å². The highest BCUT2D eigenvalue weighted by Crippen LogP contribution is 2.19. The molecular weight excluding hydrogens is 316 g/mol. The standard InChI is InChI=1S/C17H21ClN2OS/c18-15-8-6-14(7-9-15)12-16(21)20-17(22)19-11-10-13-4-2-1-3-5-13/h4,6-9H,1-3,5,10-12H2,(H2,19,20,21,22). The average Bonchev–Trinajstić information content (AvgIpc) is 2.50. The first-order chi connectivity index (χ1) is 10.6. The fraction of sp³-hybridized carbons (Fsp3) is 0.412. The molecule has 2 N–H and O–H groups in total. The van der Waals surface area contributed by atoms with E-state index in [9.17, 15) is 4.79 Å². The highest BCUT2D eigenvalue weighted by atomic mass is 35.5. The summed E-state index contributed by atoms with van der Waals surface area (Å²) in [5.74, 6) is -0.114. The van der Waals surface area contributed by atoms with Crippen molar-refractivity contribution < 1.29 is 4.79 Å². The van der Waals surface area contributed by atoms with Crippen molar-refractivity contribution in [1.29, 1.82) is 0 Å². The number of halogens is 1. The summed E-state index contributed by atoms with van der Waals surface area (Å²) in [6, 6.07) is 7.24. The lowest BCUT2D eigenvalue weighted by Gasteiger charge is -2.14. The number of carbonyl (C=O) groups is 1. The Kier molecular flexibility index (Phi) is 6.87. The summed E-state index contributed by atoms with van der Waals surface area (Å²) in [4.78, 5) is 11.9. The minimum absolute atomic E-state index is 0.114. The van der Waals surface area contributed by atoms with Crippen molar-refractivity contribution >= 4 is 34.8 Å². The molecular formula is C17H21ClN2OS. The summed E-state index contributed by atoms with van der Waals surface area (Å²) in [5, 5.41) is 6.87. The minimum Gasteiger partial charge on any atom is -0.362 e. The topological polar surface area (TPSA) is 41.1 Å². The number of nitrogens with one attached hydrogen (secondary N) is 2. The fourth-order valence-electron chi connectivity index (χ4n) is 2.47. The number of hydrogen-bond acceptors (Lipinski definition) is 2. The van der Waals surface area contributed by atoms with Gasteiger partial charge in [0.1, 0.15) is 0 Å². The van der Waals surface area contributed by atoms with Crippen LogP contribution in [0.25, 0.3) is 0 Å². The molecule has 1 aromatic carbocycles. The molecule has 0 fully saturated rings. The monoisotopic (exact) mass is 336 g/mol. The fourth-order valence-corrected chi connectivity index (χ4v) is 2.81. The molecule has 0 atom stereocenters. The molecule has 1 aromatic rings. The van der Waals surface area contributed by atoms with E-state index in [0.29, 0.717) is 16.6 Å². The smallest absolute Gasteiger partial charge is 0.230 e. The van der Waals surface area contributed by atoms with Gasteiger partial charge in [-0.1, -0.05) is 35.4 Å². The van der Waals surface area contributed by atoms with Crippen LogP contribution in [-0.2, 0) is 11.2 Å². The molecule has 0 radical (unpaired) electrons. The Morgan fingerprint density at radius 1 is 1.23 bits per heavy atom. The van der Waals surface area contributed by atoms with Crippen molar-refractivity contribution in [3.8, 4) is 0 Å². The van der Waals surface area contributed by atoms with Gasteiger partial charge >= 0.3 is 0 Å². The summed E-state index contributed by atoms with van der Waals surface area (Å²) in [5.41, 5.74) is 2.41. The molecule has 0 saturated carbocycles. The highest BCUT2D eigenvalue weighted by molar-refractivity contribution is 7.80. The molecule has 0 unspecified atom stereocenters. The van der Waals surface area contributed by atoms with E-state index in [1.54, 1.807) is 12.1 Å². The molecule has 1 aliphatic carbocycles. The van der Waals surface area contributed by atoms with Crippen molar-refractivity contribution in [2.75, 3.05) is 6.54 Å². The Hall–Kier alpha value is -1.39. The number of benzene rings is 1. The lowest BCUT2D eigenvalue weighted by atomic mass is 9.97. The van der Waals surface area contributed by atoms with Crippen molar-refractivity contribution in [2.24, 2.45) is 0 Å². The molecule has 0 heterocycles. The molecule has 1 amide bonds. The number of allylic oxidation sites excluding steroid dienone is 1. The summed E-state index contributed by atoms with van der Waals surface area (Å²) in [6.45, 7) is 0.770. The van der Waals surface area contributed by atoms with Gasteiger partial charge < -0.3 is 10.6 Å². The van der Waals surface area contributed by atoms with Crippen LogP contribution in [-0.4, -0.2) is 17.6 Å². The van der Waals surface area contributed by atoms with E-state index >= 15 is 0 Å². The Morgan fingerprint density at radius 3 is 2.68 bits per heavy atom. The van der Waals surface area contributed by atoms with Gasteiger partial charge in [-0.25, -0.2) is 0 Å². The van der Waals surface area contributed by atoms with E-state index in [-0.39, 0.29) is 5.91 Å². The van der Waals surface area contributed by atoms with Crippen LogP contribution in [0.5, 0.6) is 0 Å². The number of rotatable bonds is 5. The van der Waals surface area contributed by atoms with Gasteiger partial charge in [0.15, 0.2) is 5.11 Å². The van der Waals surface area contributed by atoms with Crippen molar-refractivity contribution in [3.63, 3.8) is 0 Å². The molecule has 0 aromatic heterocycles. The third-order valence-corrected chi connectivity index (χ3v) is 4.15. The van der Waals surface area contributed by atoms with Crippen LogP contribution in [0.3, 0.4) is 0 Å². The summed E-state index contributed by atoms with van der Waals surface area (Å²) in [6.07, 6.45) is 8.59. The lowest BCUT2D eigenvalue weighted by Crippen LogP contribution is -2.40. The molecule has 5 heteroatoms. The molecule has 22 heavy (non-hydrogen) atoms. The molecule has 0 saturated heterocycles. The van der Waals surface area contributed by atoms with Crippen molar-refractivity contribution in [3.05, 3.63) is 46.5 Å². The molecule has 0 spiro atoms. The average molecular weight is 337 g/mol. The van der Waals surface area contributed by atoms with Crippen molar-refractivity contribution in [2.45, 2.75) is 38.5 Å². The minimum atomic E-state index is -0.114. The van der Waals surface area contributed by atoms with Crippen molar-refractivity contribution in [1.82, 2.24) is 10.6 Å².